The molecule has 0 spiro atoms. The summed E-state index contributed by atoms with van der Waals surface area (Å²) in [6.45, 7) is 8.93. The molecule has 0 heterocycles. The second-order valence-corrected chi connectivity index (χ2v) is 7.22. The first-order chi connectivity index (χ1) is 10.1. The van der Waals surface area contributed by atoms with Crippen molar-refractivity contribution in [1.82, 2.24) is 0 Å². The van der Waals surface area contributed by atoms with Crippen LogP contribution in [0.2, 0.25) is 0 Å². The minimum atomic E-state index is 0.133. The second-order valence-electron chi connectivity index (χ2n) is 6.34. The lowest BCUT2D eigenvalue weighted by Gasteiger charge is -2.27. The first-order valence-electron chi connectivity index (χ1n) is 7.49. The lowest BCUT2D eigenvalue weighted by atomic mass is 9.77. The van der Waals surface area contributed by atoms with E-state index in [9.17, 15) is 0 Å². The molecular formula is C20H21I. The lowest BCUT2D eigenvalue weighted by Crippen LogP contribution is -2.18. The van der Waals surface area contributed by atoms with Gasteiger partial charge in [0.05, 0.1) is 0 Å². The first-order valence-corrected chi connectivity index (χ1v) is 9.01. The Morgan fingerprint density at radius 1 is 1.38 bits per heavy atom. The molecule has 1 unspecified atom stereocenters. The van der Waals surface area contributed by atoms with Crippen LogP contribution in [-0.2, 0) is 5.41 Å². The molecule has 0 aromatic heterocycles. The summed E-state index contributed by atoms with van der Waals surface area (Å²) >= 11 is 2.36. The van der Waals surface area contributed by atoms with Crippen molar-refractivity contribution in [1.29, 1.82) is 0 Å². The van der Waals surface area contributed by atoms with Crippen LogP contribution in [0, 0.1) is 0 Å². The number of allylic oxidation sites excluding steroid dienone is 7. The molecule has 0 saturated carbocycles. The molecule has 0 radical (unpaired) electrons. The molecule has 1 aromatic rings. The minimum absolute atomic E-state index is 0.133. The van der Waals surface area contributed by atoms with Crippen molar-refractivity contribution in [3.05, 3.63) is 83.0 Å². The zero-order valence-electron chi connectivity index (χ0n) is 12.7. The third kappa shape index (κ3) is 2.46. The Labute approximate surface area is 141 Å². The topological polar surface area (TPSA) is 0 Å². The van der Waals surface area contributed by atoms with Gasteiger partial charge in [-0.25, -0.2) is 0 Å². The molecular weight excluding hydrogens is 367 g/mol. The molecule has 0 aliphatic heterocycles. The van der Waals surface area contributed by atoms with E-state index in [1.165, 1.54) is 16.7 Å². The third-order valence-electron chi connectivity index (χ3n) is 4.77. The van der Waals surface area contributed by atoms with Crippen molar-refractivity contribution in [2.75, 3.05) is 4.43 Å². The third-order valence-corrected chi connectivity index (χ3v) is 5.28. The smallest absolute Gasteiger partial charge is 0.0179 e. The van der Waals surface area contributed by atoms with E-state index >= 15 is 0 Å². The molecule has 0 bridgehead atoms. The van der Waals surface area contributed by atoms with Gasteiger partial charge < -0.3 is 0 Å². The molecule has 108 valence electrons. The van der Waals surface area contributed by atoms with Crippen LogP contribution in [0.4, 0.5) is 0 Å². The van der Waals surface area contributed by atoms with Crippen molar-refractivity contribution in [3.8, 4) is 0 Å². The predicted molar refractivity (Wildman–Crippen MR) is 100 cm³/mol. The highest BCUT2D eigenvalue weighted by Gasteiger charge is 2.41. The van der Waals surface area contributed by atoms with Gasteiger partial charge in [-0.1, -0.05) is 97.2 Å². The Morgan fingerprint density at radius 3 is 2.90 bits per heavy atom. The molecule has 0 saturated heterocycles. The quantitative estimate of drug-likeness (QED) is 0.345. The van der Waals surface area contributed by atoms with Crippen LogP contribution >= 0.6 is 22.6 Å². The fraction of sp³-hybridized carbons (Fsp3) is 0.300. The Bertz CT molecular complexity index is 671. The minimum Gasteiger partial charge on any atom is -0.0912 e. The molecule has 2 aliphatic rings. The lowest BCUT2D eigenvalue weighted by molar-refractivity contribution is 0.611. The zero-order chi connectivity index (χ0) is 15.0. The number of fused-ring (bicyclic) bond motifs is 3. The number of hydrogen-bond donors (Lipinski definition) is 0. The fourth-order valence-corrected chi connectivity index (χ4v) is 3.90. The summed E-state index contributed by atoms with van der Waals surface area (Å²) in [5.41, 5.74) is 7.10. The summed E-state index contributed by atoms with van der Waals surface area (Å²) < 4.78 is 1.03. The van der Waals surface area contributed by atoms with Gasteiger partial charge in [0, 0.05) is 15.8 Å². The SMILES string of the molecule is C=C(/C=C\CI)C1=CCC2C(=C1)C(C)(C)c1ccccc12. The summed E-state index contributed by atoms with van der Waals surface area (Å²) in [4.78, 5) is 0. The van der Waals surface area contributed by atoms with Crippen molar-refractivity contribution < 1.29 is 0 Å². The average Bonchev–Trinajstić information content (AvgIpc) is 2.73. The molecule has 3 rings (SSSR count). The Morgan fingerprint density at radius 2 is 2.14 bits per heavy atom. The average molecular weight is 388 g/mol. The molecule has 1 heteroatoms. The molecule has 21 heavy (non-hydrogen) atoms. The van der Waals surface area contributed by atoms with Gasteiger partial charge in [-0.3, -0.25) is 0 Å². The van der Waals surface area contributed by atoms with Crippen molar-refractivity contribution in [2.45, 2.75) is 31.6 Å². The van der Waals surface area contributed by atoms with E-state index in [1.54, 1.807) is 5.57 Å². The highest BCUT2D eigenvalue weighted by Crippen LogP contribution is 2.53. The van der Waals surface area contributed by atoms with Crippen LogP contribution < -0.4 is 0 Å². The number of halogens is 1. The van der Waals surface area contributed by atoms with Crippen LogP contribution in [0.1, 0.15) is 37.3 Å². The standard InChI is InChI=1S/C20H21I/c1-14(7-6-12-21)15-10-11-17-16-8-4-5-9-18(16)20(2,3)19(17)13-15/h4-10,13,17H,1,11-12H2,2-3H3/b7-6-. The van der Waals surface area contributed by atoms with Crippen LogP contribution in [0.5, 0.6) is 0 Å². The van der Waals surface area contributed by atoms with Gasteiger partial charge in [0.15, 0.2) is 0 Å². The van der Waals surface area contributed by atoms with Gasteiger partial charge in [0.2, 0.25) is 0 Å². The van der Waals surface area contributed by atoms with Crippen molar-refractivity contribution in [2.24, 2.45) is 0 Å². The largest absolute Gasteiger partial charge is 0.0912 e. The molecule has 0 amide bonds. The van der Waals surface area contributed by atoms with E-state index in [-0.39, 0.29) is 5.41 Å². The van der Waals surface area contributed by atoms with Crippen LogP contribution in [0.25, 0.3) is 0 Å². The van der Waals surface area contributed by atoms with E-state index in [0.717, 1.165) is 16.4 Å². The Balaban J connectivity index is 2.00. The van der Waals surface area contributed by atoms with E-state index in [4.69, 9.17) is 0 Å². The van der Waals surface area contributed by atoms with Crippen LogP contribution in [-0.4, -0.2) is 4.43 Å². The molecule has 2 aliphatic carbocycles. The maximum absolute atomic E-state index is 4.22. The zero-order valence-corrected chi connectivity index (χ0v) is 14.9. The van der Waals surface area contributed by atoms with E-state index in [1.807, 2.05) is 0 Å². The van der Waals surface area contributed by atoms with Crippen molar-refractivity contribution in [3.63, 3.8) is 0 Å². The maximum atomic E-state index is 4.22. The van der Waals surface area contributed by atoms with Gasteiger partial charge in [-0.05, 0) is 28.7 Å². The van der Waals surface area contributed by atoms with Crippen LogP contribution in [0.15, 0.2) is 71.9 Å². The highest BCUT2D eigenvalue weighted by atomic mass is 127. The molecule has 0 nitrogen and oxygen atoms in total. The molecule has 1 atom stereocenters. The second kappa shape index (κ2) is 5.60. The maximum Gasteiger partial charge on any atom is 0.0179 e. The summed E-state index contributed by atoms with van der Waals surface area (Å²) in [7, 11) is 0. The molecule has 0 fully saturated rings. The Hall–Kier alpha value is -1.09. The summed E-state index contributed by atoms with van der Waals surface area (Å²) in [5.74, 6) is 0.557. The number of rotatable bonds is 3. The Kier molecular flexibility index (Phi) is 3.96. The summed E-state index contributed by atoms with van der Waals surface area (Å²) in [6, 6.07) is 8.92. The number of alkyl halides is 1. The molecule has 1 aromatic carbocycles. The van der Waals surface area contributed by atoms with Crippen molar-refractivity contribution >= 4 is 22.6 Å². The van der Waals surface area contributed by atoms with Gasteiger partial charge in [-0.2, -0.15) is 0 Å². The van der Waals surface area contributed by atoms with E-state index < -0.39 is 0 Å². The van der Waals surface area contributed by atoms with Gasteiger partial charge in [0.1, 0.15) is 0 Å². The highest BCUT2D eigenvalue weighted by molar-refractivity contribution is 14.1. The molecule has 0 N–H and O–H groups in total. The monoisotopic (exact) mass is 388 g/mol. The van der Waals surface area contributed by atoms with Gasteiger partial charge in [-0.15, -0.1) is 0 Å². The number of hydrogen-bond acceptors (Lipinski definition) is 0. The van der Waals surface area contributed by atoms with E-state index in [2.05, 4.69) is 91.6 Å². The summed E-state index contributed by atoms with van der Waals surface area (Å²) in [5, 5.41) is 0. The fourth-order valence-electron chi connectivity index (χ4n) is 3.64. The number of benzene rings is 1. The van der Waals surface area contributed by atoms with Crippen LogP contribution in [0.3, 0.4) is 0 Å². The first kappa shape index (κ1) is 14.8. The normalized spacial score (nSPS) is 22.5. The van der Waals surface area contributed by atoms with Gasteiger partial charge >= 0.3 is 0 Å². The summed E-state index contributed by atoms with van der Waals surface area (Å²) in [6.07, 6.45) is 10.1. The van der Waals surface area contributed by atoms with Gasteiger partial charge in [0.25, 0.3) is 0 Å². The van der Waals surface area contributed by atoms with E-state index in [0.29, 0.717) is 5.92 Å². The predicted octanol–water partition coefficient (Wildman–Crippen LogP) is 5.87.